The van der Waals surface area contributed by atoms with E-state index in [1.54, 1.807) is 29.2 Å². The largest absolute Gasteiger partial charge is 0.341 e. The first-order valence-electron chi connectivity index (χ1n) is 12.1. The second-order valence-electron chi connectivity index (χ2n) is 8.54. The Labute approximate surface area is 210 Å². The number of hydrogen-bond donors (Lipinski definition) is 1. The number of aryl methyl sites for hydroxylation is 1. The molecule has 0 bridgehead atoms. The second kappa shape index (κ2) is 11.4. The van der Waals surface area contributed by atoms with Gasteiger partial charge >= 0.3 is 0 Å². The Morgan fingerprint density at radius 3 is 2.43 bits per heavy atom. The van der Waals surface area contributed by atoms with Crippen molar-refractivity contribution in [3.63, 3.8) is 0 Å². The molecule has 0 spiro atoms. The van der Waals surface area contributed by atoms with Crippen LogP contribution in [0.2, 0.25) is 0 Å². The van der Waals surface area contributed by atoms with Crippen LogP contribution in [0, 0.1) is 6.92 Å². The van der Waals surface area contributed by atoms with Crippen LogP contribution >= 0.6 is 11.8 Å². The summed E-state index contributed by atoms with van der Waals surface area (Å²) in [6.07, 6.45) is 2.28. The van der Waals surface area contributed by atoms with Gasteiger partial charge in [-0.15, -0.1) is 10.2 Å². The summed E-state index contributed by atoms with van der Waals surface area (Å²) < 4.78 is 2.03. The number of carbonyl (C=O) groups is 2. The van der Waals surface area contributed by atoms with E-state index in [-0.39, 0.29) is 17.6 Å². The van der Waals surface area contributed by atoms with E-state index in [0.29, 0.717) is 29.5 Å². The molecule has 4 rings (SSSR count). The summed E-state index contributed by atoms with van der Waals surface area (Å²) in [5.41, 5.74) is 3.33. The first-order chi connectivity index (χ1) is 17.0. The van der Waals surface area contributed by atoms with E-state index in [4.69, 9.17) is 0 Å². The first-order valence-corrected chi connectivity index (χ1v) is 13.1. The van der Waals surface area contributed by atoms with Crippen LogP contribution in [-0.2, 0) is 4.79 Å². The molecule has 1 aliphatic rings. The Bertz CT molecular complexity index is 1170. The van der Waals surface area contributed by atoms with Crippen molar-refractivity contribution < 1.29 is 9.59 Å². The minimum atomic E-state index is -0.163. The molecule has 3 aromatic rings. The number of carbonyl (C=O) groups excluding carboxylic acids is 2. The van der Waals surface area contributed by atoms with Crippen molar-refractivity contribution in [1.82, 2.24) is 19.7 Å². The van der Waals surface area contributed by atoms with Crippen molar-refractivity contribution in [2.45, 2.75) is 38.8 Å². The number of amides is 2. The van der Waals surface area contributed by atoms with E-state index in [0.717, 1.165) is 37.6 Å². The summed E-state index contributed by atoms with van der Waals surface area (Å²) in [5.74, 6) is 0.791. The van der Waals surface area contributed by atoms with Crippen molar-refractivity contribution in [2.75, 3.05) is 42.1 Å². The fourth-order valence-electron chi connectivity index (χ4n) is 4.15. The van der Waals surface area contributed by atoms with Crippen molar-refractivity contribution in [1.29, 1.82) is 0 Å². The molecule has 1 fully saturated rings. The highest BCUT2D eigenvalue weighted by Gasteiger charge is 2.23. The van der Waals surface area contributed by atoms with E-state index >= 15 is 0 Å². The highest BCUT2D eigenvalue weighted by atomic mass is 32.2. The number of anilines is 2. The number of thioether (sulfide) groups is 1. The molecule has 2 aromatic carbocycles. The maximum Gasteiger partial charge on any atom is 0.253 e. The molecule has 1 saturated heterocycles. The van der Waals surface area contributed by atoms with Crippen molar-refractivity contribution in [3.05, 3.63) is 59.7 Å². The van der Waals surface area contributed by atoms with Crippen LogP contribution in [-0.4, -0.2) is 63.4 Å². The summed E-state index contributed by atoms with van der Waals surface area (Å²) >= 11 is 1.35. The van der Waals surface area contributed by atoms with Crippen LogP contribution in [0.1, 0.15) is 42.6 Å². The molecule has 1 N–H and O–H groups in total. The average Bonchev–Trinajstić information content (AvgIpc) is 3.54. The summed E-state index contributed by atoms with van der Waals surface area (Å²) in [4.78, 5) is 29.4. The van der Waals surface area contributed by atoms with E-state index in [2.05, 4.69) is 51.6 Å². The number of nitrogens with zero attached hydrogens (tertiary/aromatic N) is 5. The minimum absolute atomic E-state index is 0.0406. The Morgan fingerprint density at radius 1 is 1.03 bits per heavy atom. The molecule has 184 valence electrons. The molecule has 0 aliphatic carbocycles. The topological polar surface area (TPSA) is 83.4 Å². The van der Waals surface area contributed by atoms with E-state index in [1.807, 2.05) is 18.4 Å². The lowest BCUT2D eigenvalue weighted by molar-refractivity contribution is -0.113. The van der Waals surface area contributed by atoms with Gasteiger partial charge in [0.25, 0.3) is 5.91 Å². The molecule has 0 radical (unpaired) electrons. The fourth-order valence-corrected chi connectivity index (χ4v) is 4.90. The van der Waals surface area contributed by atoms with Gasteiger partial charge in [0.2, 0.25) is 11.9 Å². The number of aromatic nitrogens is 3. The molecule has 0 saturated carbocycles. The van der Waals surface area contributed by atoms with Crippen molar-refractivity contribution in [2.24, 2.45) is 0 Å². The standard InChI is InChI=1S/C26H32N6O2S/c1-4-30(5-2)24(34)20-9-8-10-21(17-20)27-23(33)18-35-26-29-28-25(31-15-6-7-16-31)32(26)22-13-11-19(3)12-14-22/h8-14,17H,4-7,15-16,18H2,1-3H3,(H,27,33). The SMILES string of the molecule is CCN(CC)C(=O)c1cccc(NC(=O)CSc2nnc(N3CCCC3)n2-c2ccc(C)cc2)c1. The predicted octanol–water partition coefficient (Wildman–Crippen LogP) is 4.39. The summed E-state index contributed by atoms with van der Waals surface area (Å²) in [6, 6.07) is 15.3. The van der Waals surface area contributed by atoms with Crippen LogP contribution in [0.4, 0.5) is 11.6 Å². The third-order valence-electron chi connectivity index (χ3n) is 6.07. The predicted molar refractivity (Wildman–Crippen MR) is 141 cm³/mol. The monoisotopic (exact) mass is 492 g/mol. The fraction of sp³-hybridized carbons (Fsp3) is 0.385. The quantitative estimate of drug-likeness (QED) is 0.446. The lowest BCUT2D eigenvalue weighted by Crippen LogP contribution is -2.30. The van der Waals surface area contributed by atoms with Gasteiger partial charge in [0.15, 0.2) is 5.16 Å². The second-order valence-corrected chi connectivity index (χ2v) is 9.49. The Morgan fingerprint density at radius 2 is 1.74 bits per heavy atom. The molecule has 9 heteroatoms. The maximum atomic E-state index is 12.8. The highest BCUT2D eigenvalue weighted by Crippen LogP contribution is 2.29. The lowest BCUT2D eigenvalue weighted by atomic mass is 10.1. The number of nitrogens with one attached hydrogen (secondary N) is 1. The Hall–Kier alpha value is -3.33. The molecule has 35 heavy (non-hydrogen) atoms. The third kappa shape index (κ3) is 5.85. The van der Waals surface area contributed by atoms with Gasteiger partial charge in [0.05, 0.1) is 11.4 Å². The molecule has 2 heterocycles. The smallest absolute Gasteiger partial charge is 0.253 e. The summed E-state index contributed by atoms with van der Waals surface area (Å²) in [5, 5.41) is 12.5. The van der Waals surface area contributed by atoms with E-state index in [1.165, 1.54) is 17.3 Å². The van der Waals surface area contributed by atoms with Gasteiger partial charge in [0.1, 0.15) is 0 Å². The van der Waals surface area contributed by atoms with Gasteiger partial charge in [0, 0.05) is 37.4 Å². The molecule has 0 unspecified atom stereocenters. The minimum Gasteiger partial charge on any atom is -0.341 e. The van der Waals surface area contributed by atoms with Gasteiger partial charge in [-0.1, -0.05) is 35.5 Å². The lowest BCUT2D eigenvalue weighted by Gasteiger charge is -2.19. The van der Waals surface area contributed by atoms with Crippen LogP contribution in [0.3, 0.4) is 0 Å². The van der Waals surface area contributed by atoms with Crippen LogP contribution in [0.15, 0.2) is 53.7 Å². The van der Waals surface area contributed by atoms with E-state index in [9.17, 15) is 9.59 Å². The number of hydrogen-bond acceptors (Lipinski definition) is 6. The van der Waals surface area contributed by atoms with Crippen LogP contribution < -0.4 is 10.2 Å². The molecule has 0 atom stereocenters. The molecular weight excluding hydrogens is 460 g/mol. The summed E-state index contributed by atoms with van der Waals surface area (Å²) in [7, 11) is 0. The van der Waals surface area contributed by atoms with Crippen LogP contribution in [0.25, 0.3) is 5.69 Å². The third-order valence-corrected chi connectivity index (χ3v) is 7.00. The zero-order valence-corrected chi connectivity index (χ0v) is 21.3. The Kier molecular flexibility index (Phi) is 8.07. The average molecular weight is 493 g/mol. The van der Waals surface area contributed by atoms with Crippen LogP contribution in [0.5, 0.6) is 0 Å². The number of benzene rings is 2. The van der Waals surface area contributed by atoms with Gasteiger partial charge in [-0.25, -0.2) is 0 Å². The maximum absolute atomic E-state index is 12.8. The van der Waals surface area contributed by atoms with Gasteiger partial charge < -0.3 is 15.1 Å². The van der Waals surface area contributed by atoms with Crippen molar-refractivity contribution in [3.8, 4) is 5.69 Å². The zero-order valence-electron chi connectivity index (χ0n) is 20.5. The molecule has 2 amide bonds. The molecule has 1 aromatic heterocycles. The molecule has 8 nitrogen and oxygen atoms in total. The summed E-state index contributed by atoms with van der Waals surface area (Å²) in [6.45, 7) is 9.16. The van der Waals surface area contributed by atoms with Crippen molar-refractivity contribution >= 4 is 35.2 Å². The zero-order chi connectivity index (χ0) is 24.8. The molecular formula is C26H32N6O2S. The number of rotatable bonds is 9. The van der Waals surface area contributed by atoms with E-state index < -0.39 is 0 Å². The van der Waals surface area contributed by atoms with Gasteiger partial charge in [-0.05, 0) is 63.9 Å². The highest BCUT2D eigenvalue weighted by molar-refractivity contribution is 7.99. The molecule has 1 aliphatic heterocycles. The Balaban J connectivity index is 1.47. The van der Waals surface area contributed by atoms with Gasteiger partial charge in [-0.3, -0.25) is 14.2 Å². The normalized spacial score (nSPS) is 13.2. The first kappa shape index (κ1) is 24.8. The van der Waals surface area contributed by atoms with Gasteiger partial charge in [-0.2, -0.15) is 0 Å².